The molecule has 0 aliphatic carbocycles. The molecular formula is C23H19N2O4S2-. The maximum absolute atomic E-state index is 12.7. The van der Waals surface area contributed by atoms with Gasteiger partial charge in [-0.3, -0.25) is 14.5 Å². The number of anilines is 1. The lowest BCUT2D eigenvalue weighted by Gasteiger charge is -2.14. The highest BCUT2D eigenvalue weighted by Crippen LogP contribution is 2.32. The molecule has 158 valence electrons. The van der Waals surface area contributed by atoms with Crippen LogP contribution in [0.2, 0.25) is 0 Å². The Morgan fingerprint density at radius 3 is 2.45 bits per heavy atom. The maximum Gasteiger partial charge on any atom is 0.266 e. The molecule has 0 spiro atoms. The SMILES string of the molecule is CC(=C/c1ccccc1)/C=C1\SC(=S)N(CCC(=O)Nc2ccc(C(=O)[O-])cc2)C1=O. The molecule has 0 bridgehead atoms. The molecule has 6 nitrogen and oxygen atoms in total. The molecule has 1 fully saturated rings. The third-order valence-corrected chi connectivity index (χ3v) is 5.77. The summed E-state index contributed by atoms with van der Waals surface area (Å²) in [6.07, 6.45) is 3.83. The van der Waals surface area contributed by atoms with E-state index in [0.717, 1.165) is 11.1 Å². The van der Waals surface area contributed by atoms with Gasteiger partial charge in [-0.15, -0.1) is 0 Å². The Hall–Kier alpha value is -3.23. The summed E-state index contributed by atoms with van der Waals surface area (Å²) in [4.78, 5) is 37.6. The van der Waals surface area contributed by atoms with Crippen molar-refractivity contribution in [3.05, 3.63) is 82.3 Å². The molecule has 1 aliphatic rings. The van der Waals surface area contributed by atoms with Crippen LogP contribution in [0.1, 0.15) is 29.3 Å². The number of aromatic carboxylic acids is 1. The van der Waals surface area contributed by atoms with Gasteiger partial charge in [0.1, 0.15) is 4.32 Å². The van der Waals surface area contributed by atoms with Gasteiger partial charge in [-0.25, -0.2) is 0 Å². The van der Waals surface area contributed by atoms with E-state index in [4.69, 9.17) is 12.2 Å². The standard InChI is InChI=1S/C23H20N2O4S2/c1-15(13-16-5-3-2-4-6-16)14-19-21(27)25(23(30)31-19)12-11-20(26)24-18-9-7-17(8-10-18)22(28)29/h2-10,13-14H,11-12H2,1H3,(H,24,26)(H,28,29)/p-1/b15-13-,19-14-. The third kappa shape index (κ3) is 6.13. The number of amides is 2. The number of carbonyl (C=O) groups excluding carboxylic acids is 3. The number of hydrogen-bond acceptors (Lipinski definition) is 6. The number of nitrogens with zero attached hydrogens (tertiary/aromatic N) is 1. The van der Waals surface area contributed by atoms with Crippen molar-refractivity contribution in [3.8, 4) is 0 Å². The van der Waals surface area contributed by atoms with Gasteiger partial charge in [0.2, 0.25) is 5.91 Å². The molecule has 0 saturated carbocycles. The van der Waals surface area contributed by atoms with E-state index in [9.17, 15) is 19.5 Å². The summed E-state index contributed by atoms with van der Waals surface area (Å²) >= 11 is 6.53. The van der Waals surface area contributed by atoms with Gasteiger partial charge in [-0.05, 0) is 41.8 Å². The largest absolute Gasteiger partial charge is 0.545 e. The van der Waals surface area contributed by atoms with Gasteiger partial charge >= 0.3 is 0 Å². The minimum atomic E-state index is -1.28. The minimum Gasteiger partial charge on any atom is -0.545 e. The molecule has 1 heterocycles. The highest BCUT2D eigenvalue weighted by Gasteiger charge is 2.32. The number of hydrogen-bond donors (Lipinski definition) is 1. The average Bonchev–Trinajstić information content (AvgIpc) is 3.00. The Morgan fingerprint density at radius 1 is 1.13 bits per heavy atom. The first-order chi connectivity index (χ1) is 14.8. The number of allylic oxidation sites excluding steroid dienone is 2. The molecule has 0 unspecified atom stereocenters. The summed E-state index contributed by atoms with van der Waals surface area (Å²) in [5.74, 6) is -1.81. The first-order valence-electron chi connectivity index (χ1n) is 9.43. The fourth-order valence-corrected chi connectivity index (χ4v) is 4.24. The normalized spacial score (nSPS) is 15.5. The Morgan fingerprint density at radius 2 is 1.81 bits per heavy atom. The van der Waals surface area contributed by atoms with Crippen LogP contribution in [0, 0.1) is 0 Å². The van der Waals surface area contributed by atoms with E-state index in [1.165, 1.54) is 40.9 Å². The molecule has 8 heteroatoms. The number of rotatable bonds is 7. The Labute approximate surface area is 189 Å². The smallest absolute Gasteiger partial charge is 0.266 e. The lowest BCUT2D eigenvalue weighted by Crippen LogP contribution is -2.31. The van der Waals surface area contributed by atoms with Gasteiger partial charge in [0.05, 0.1) is 10.9 Å². The molecule has 2 aromatic carbocycles. The van der Waals surface area contributed by atoms with Crippen LogP contribution in [0.3, 0.4) is 0 Å². The van der Waals surface area contributed by atoms with E-state index >= 15 is 0 Å². The number of nitrogens with one attached hydrogen (secondary N) is 1. The van der Waals surface area contributed by atoms with Crippen molar-refractivity contribution in [1.29, 1.82) is 0 Å². The topological polar surface area (TPSA) is 89.5 Å². The second kappa shape index (κ2) is 10.2. The Bertz CT molecular complexity index is 1080. The van der Waals surface area contributed by atoms with Gasteiger partial charge in [0.25, 0.3) is 5.91 Å². The van der Waals surface area contributed by atoms with E-state index in [2.05, 4.69) is 5.32 Å². The van der Waals surface area contributed by atoms with E-state index in [-0.39, 0.29) is 30.3 Å². The monoisotopic (exact) mass is 451 g/mol. The summed E-state index contributed by atoms with van der Waals surface area (Å²) in [7, 11) is 0. The van der Waals surface area contributed by atoms with E-state index < -0.39 is 5.97 Å². The highest BCUT2D eigenvalue weighted by atomic mass is 32.2. The molecule has 1 N–H and O–H groups in total. The molecule has 0 radical (unpaired) electrons. The Balaban J connectivity index is 1.57. The molecule has 31 heavy (non-hydrogen) atoms. The van der Waals surface area contributed by atoms with Crippen LogP contribution in [-0.4, -0.2) is 33.5 Å². The zero-order valence-electron chi connectivity index (χ0n) is 16.7. The van der Waals surface area contributed by atoms with Gasteiger partial charge in [-0.1, -0.05) is 72.5 Å². The first-order valence-corrected chi connectivity index (χ1v) is 10.7. The number of carboxylic acids is 1. The van der Waals surface area contributed by atoms with E-state index in [0.29, 0.717) is 14.9 Å². The number of carboxylic acid groups (broad SMARTS) is 1. The molecular weight excluding hydrogens is 432 g/mol. The zero-order chi connectivity index (χ0) is 22.4. The third-order valence-electron chi connectivity index (χ3n) is 4.39. The molecule has 0 aromatic heterocycles. The van der Waals surface area contributed by atoms with Crippen molar-refractivity contribution in [1.82, 2.24) is 4.90 Å². The van der Waals surface area contributed by atoms with Crippen molar-refractivity contribution < 1.29 is 19.5 Å². The Kier molecular flexibility index (Phi) is 7.38. The van der Waals surface area contributed by atoms with Crippen LogP contribution in [0.5, 0.6) is 0 Å². The van der Waals surface area contributed by atoms with E-state index in [1.54, 1.807) is 6.08 Å². The second-order valence-corrected chi connectivity index (χ2v) is 8.47. The summed E-state index contributed by atoms with van der Waals surface area (Å²) in [5.41, 5.74) is 2.45. The lowest BCUT2D eigenvalue weighted by molar-refractivity contribution is -0.255. The fraction of sp³-hybridized carbons (Fsp3) is 0.130. The molecule has 2 aromatic rings. The predicted octanol–water partition coefficient (Wildman–Crippen LogP) is 3.23. The van der Waals surface area contributed by atoms with Crippen LogP contribution in [0.25, 0.3) is 6.08 Å². The second-order valence-electron chi connectivity index (χ2n) is 6.80. The van der Waals surface area contributed by atoms with Crippen molar-refractivity contribution >= 4 is 57.8 Å². The predicted molar refractivity (Wildman–Crippen MR) is 124 cm³/mol. The van der Waals surface area contributed by atoms with Crippen molar-refractivity contribution in [2.75, 3.05) is 11.9 Å². The number of carbonyl (C=O) groups is 3. The van der Waals surface area contributed by atoms with Crippen LogP contribution in [-0.2, 0) is 9.59 Å². The van der Waals surface area contributed by atoms with Crippen molar-refractivity contribution in [2.24, 2.45) is 0 Å². The van der Waals surface area contributed by atoms with Crippen LogP contribution < -0.4 is 10.4 Å². The van der Waals surface area contributed by atoms with Gasteiger partial charge < -0.3 is 15.2 Å². The van der Waals surface area contributed by atoms with Gasteiger partial charge in [-0.2, -0.15) is 0 Å². The van der Waals surface area contributed by atoms with E-state index in [1.807, 2.05) is 43.3 Å². The van der Waals surface area contributed by atoms with Crippen molar-refractivity contribution in [3.63, 3.8) is 0 Å². The highest BCUT2D eigenvalue weighted by molar-refractivity contribution is 8.26. The van der Waals surface area contributed by atoms with Crippen LogP contribution in [0.4, 0.5) is 5.69 Å². The number of benzene rings is 2. The molecule has 3 rings (SSSR count). The zero-order valence-corrected chi connectivity index (χ0v) is 18.3. The maximum atomic E-state index is 12.7. The van der Waals surface area contributed by atoms with Crippen LogP contribution >= 0.6 is 24.0 Å². The number of thiocarbonyl (C=S) groups is 1. The van der Waals surface area contributed by atoms with Crippen LogP contribution in [0.15, 0.2) is 71.2 Å². The first kappa shape index (κ1) is 22.5. The van der Waals surface area contributed by atoms with Crippen molar-refractivity contribution in [2.45, 2.75) is 13.3 Å². The summed E-state index contributed by atoms with van der Waals surface area (Å²) in [6.45, 7) is 2.07. The molecule has 1 aliphatic heterocycles. The lowest BCUT2D eigenvalue weighted by atomic mass is 10.1. The summed E-state index contributed by atoms with van der Waals surface area (Å²) < 4.78 is 0.412. The minimum absolute atomic E-state index is 0.0268. The van der Waals surface area contributed by atoms with Gasteiger partial charge in [0, 0.05) is 18.7 Å². The quantitative estimate of drug-likeness (QED) is 0.514. The molecule has 1 saturated heterocycles. The molecule has 0 atom stereocenters. The summed E-state index contributed by atoms with van der Waals surface area (Å²) in [6, 6.07) is 15.5. The summed E-state index contributed by atoms with van der Waals surface area (Å²) in [5, 5.41) is 13.4. The fourth-order valence-electron chi connectivity index (χ4n) is 2.88. The number of thioether (sulfide) groups is 1. The molecule has 2 amide bonds. The average molecular weight is 452 g/mol. The van der Waals surface area contributed by atoms with Gasteiger partial charge in [0.15, 0.2) is 0 Å².